The van der Waals surface area contributed by atoms with Crippen LogP contribution in [0.3, 0.4) is 0 Å². The molecule has 0 bridgehead atoms. The van der Waals surface area contributed by atoms with Gasteiger partial charge in [-0.25, -0.2) is 8.42 Å². The molecule has 0 saturated heterocycles. The second kappa shape index (κ2) is 5.85. The number of rotatable bonds is 3. The van der Waals surface area contributed by atoms with Gasteiger partial charge in [0.2, 0.25) is 0 Å². The molecule has 22 heavy (non-hydrogen) atoms. The monoisotopic (exact) mass is 315 g/mol. The van der Waals surface area contributed by atoms with Crippen LogP contribution in [0.15, 0.2) is 53.9 Å². The summed E-state index contributed by atoms with van der Waals surface area (Å²) in [5, 5.41) is 1.25. The molecular weight excluding hydrogens is 298 g/mol. The van der Waals surface area contributed by atoms with Crippen molar-refractivity contribution in [1.82, 2.24) is 0 Å². The lowest BCUT2D eigenvalue weighted by Gasteiger charge is -2.29. The number of benzene rings is 2. The molecule has 0 radical (unpaired) electrons. The molecule has 5 heteroatoms. The topological polar surface area (TPSA) is 46.6 Å². The Morgan fingerprint density at radius 2 is 1.82 bits per heavy atom. The first-order valence-corrected chi connectivity index (χ1v) is 8.56. The van der Waals surface area contributed by atoms with E-state index in [-0.39, 0.29) is 0 Å². The first-order chi connectivity index (χ1) is 10.6. The van der Waals surface area contributed by atoms with Crippen molar-refractivity contribution in [2.75, 3.05) is 17.5 Å². The smallest absolute Gasteiger partial charge is 0.257 e. The summed E-state index contributed by atoms with van der Waals surface area (Å²) in [6, 6.07) is 14.9. The van der Waals surface area contributed by atoms with Crippen LogP contribution in [0.5, 0.6) is 5.75 Å². The van der Waals surface area contributed by atoms with Crippen molar-refractivity contribution in [2.24, 2.45) is 0 Å². The Labute approximate surface area is 130 Å². The van der Waals surface area contributed by atoms with Gasteiger partial charge in [-0.1, -0.05) is 42.0 Å². The van der Waals surface area contributed by atoms with E-state index < -0.39 is 10.0 Å². The molecule has 0 N–H and O–H groups in total. The number of aryl methyl sites for hydroxylation is 1. The van der Waals surface area contributed by atoms with Crippen molar-refractivity contribution in [2.45, 2.75) is 6.92 Å². The number of fused-ring (bicyclic) bond motifs is 1. The van der Waals surface area contributed by atoms with E-state index in [1.807, 2.05) is 37.3 Å². The third-order valence-corrected chi connectivity index (χ3v) is 4.98. The molecule has 2 aromatic rings. The molecule has 0 spiro atoms. The Hall–Kier alpha value is -2.27. The summed E-state index contributed by atoms with van der Waals surface area (Å²) in [7, 11) is -3.53. The van der Waals surface area contributed by atoms with Crippen LogP contribution in [0.1, 0.15) is 11.1 Å². The maximum Gasteiger partial charge on any atom is 0.257 e. The van der Waals surface area contributed by atoms with Gasteiger partial charge in [0.1, 0.15) is 12.4 Å². The van der Waals surface area contributed by atoms with Crippen LogP contribution in [-0.2, 0) is 10.0 Å². The molecule has 0 saturated carbocycles. The van der Waals surface area contributed by atoms with E-state index in [1.165, 1.54) is 9.71 Å². The fourth-order valence-electron chi connectivity index (χ4n) is 2.32. The Kier molecular flexibility index (Phi) is 3.90. The first-order valence-electron chi connectivity index (χ1n) is 7.05. The van der Waals surface area contributed by atoms with Crippen molar-refractivity contribution >= 4 is 21.8 Å². The molecule has 3 rings (SSSR count). The fourth-order valence-corrected chi connectivity index (χ4v) is 3.55. The van der Waals surface area contributed by atoms with E-state index in [2.05, 4.69) is 0 Å². The van der Waals surface area contributed by atoms with E-state index in [9.17, 15) is 8.42 Å². The minimum absolute atomic E-state index is 0.317. The van der Waals surface area contributed by atoms with E-state index in [0.29, 0.717) is 24.6 Å². The standard InChI is InChI=1S/C17H17NO3S/c1-14-6-8-15(9-7-14)10-13-22(19,20)18-11-12-21-17-5-3-2-4-16(17)18/h2-10,13H,11-12H2,1H3/b13-10+. The maximum absolute atomic E-state index is 12.6. The molecule has 1 heterocycles. The van der Waals surface area contributed by atoms with E-state index in [0.717, 1.165) is 11.1 Å². The number of sulfonamides is 1. The molecule has 4 nitrogen and oxygen atoms in total. The minimum atomic E-state index is -3.53. The number of anilines is 1. The van der Waals surface area contributed by atoms with Crippen molar-refractivity contribution in [3.8, 4) is 5.75 Å². The normalized spacial score (nSPS) is 14.7. The summed E-state index contributed by atoms with van der Waals surface area (Å²) in [5.74, 6) is 0.598. The summed E-state index contributed by atoms with van der Waals surface area (Å²) in [6.45, 7) is 2.67. The molecular formula is C17H17NO3S. The Morgan fingerprint density at radius 1 is 1.09 bits per heavy atom. The van der Waals surface area contributed by atoms with E-state index in [4.69, 9.17) is 4.74 Å². The highest BCUT2D eigenvalue weighted by Gasteiger charge is 2.26. The van der Waals surface area contributed by atoms with Crippen molar-refractivity contribution < 1.29 is 13.2 Å². The van der Waals surface area contributed by atoms with Crippen LogP contribution in [0.4, 0.5) is 5.69 Å². The lowest BCUT2D eigenvalue weighted by molar-refractivity contribution is 0.316. The summed E-state index contributed by atoms with van der Waals surface area (Å²) in [4.78, 5) is 0. The van der Waals surface area contributed by atoms with Crippen LogP contribution in [0, 0.1) is 6.92 Å². The quantitative estimate of drug-likeness (QED) is 0.874. The summed E-state index contributed by atoms with van der Waals surface area (Å²) in [5.41, 5.74) is 2.58. The third-order valence-electron chi connectivity index (χ3n) is 3.50. The minimum Gasteiger partial charge on any atom is -0.489 e. The summed E-state index contributed by atoms with van der Waals surface area (Å²) in [6.07, 6.45) is 1.62. The number of hydrogen-bond donors (Lipinski definition) is 0. The first kappa shape index (κ1) is 14.7. The maximum atomic E-state index is 12.6. The van der Waals surface area contributed by atoms with Gasteiger partial charge in [0.25, 0.3) is 10.0 Å². The summed E-state index contributed by atoms with van der Waals surface area (Å²) < 4.78 is 32.0. The lowest BCUT2D eigenvalue weighted by Crippen LogP contribution is -2.36. The summed E-state index contributed by atoms with van der Waals surface area (Å²) >= 11 is 0. The Bertz CT molecular complexity index is 795. The zero-order valence-corrected chi connectivity index (χ0v) is 13.1. The van der Waals surface area contributed by atoms with Crippen molar-refractivity contribution in [1.29, 1.82) is 0 Å². The third kappa shape index (κ3) is 2.99. The van der Waals surface area contributed by atoms with Crippen LogP contribution >= 0.6 is 0 Å². The number of para-hydroxylation sites is 2. The van der Waals surface area contributed by atoms with Crippen LogP contribution in [0.2, 0.25) is 0 Å². The predicted octanol–water partition coefficient (Wildman–Crippen LogP) is 3.19. The van der Waals surface area contributed by atoms with E-state index >= 15 is 0 Å². The Morgan fingerprint density at radius 3 is 2.59 bits per heavy atom. The zero-order valence-electron chi connectivity index (χ0n) is 12.3. The molecule has 0 aromatic heterocycles. The lowest BCUT2D eigenvalue weighted by atomic mass is 10.2. The van der Waals surface area contributed by atoms with Crippen LogP contribution in [0.25, 0.3) is 6.08 Å². The fraction of sp³-hybridized carbons (Fsp3) is 0.176. The van der Waals surface area contributed by atoms with Gasteiger partial charge in [-0.3, -0.25) is 4.31 Å². The number of ether oxygens (including phenoxy) is 1. The average molecular weight is 315 g/mol. The second-order valence-electron chi connectivity index (χ2n) is 5.15. The molecule has 0 unspecified atom stereocenters. The van der Waals surface area contributed by atoms with Gasteiger partial charge in [-0.2, -0.15) is 0 Å². The Balaban J connectivity index is 1.89. The second-order valence-corrected chi connectivity index (χ2v) is 6.89. The highest BCUT2D eigenvalue weighted by Crippen LogP contribution is 2.33. The van der Waals surface area contributed by atoms with Gasteiger partial charge in [-0.15, -0.1) is 0 Å². The van der Waals surface area contributed by atoms with Gasteiger partial charge in [0.05, 0.1) is 17.6 Å². The average Bonchev–Trinajstić information content (AvgIpc) is 2.54. The predicted molar refractivity (Wildman–Crippen MR) is 88.4 cm³/mol. The SMILES string of the molecule is Cc1ccc(/C=C/S(=O)(=O)N2CCOc3ccccc32)cc1. The molecule has 0 aliphatic carbocycles. The zero-order chi connectivity index (χ0) is 15.6. The van der Waals surface area contributed by atoms with Gasteiger partial charge < -0.3 is 4.74 Å². The van der Waals surface area contributed by atoms with Gasteiger partial charge >= 0.3 is 0 Å². The molecule has 0 amide bonds. The van der Waals surface area contributed by atoms with Crippen LogP contribution in [-0.4, -0.2) is 21.6 Å². The van der Waals surface area contributed by atoms with E-state index in [1.54, 1.807) is 24.3 Å². The molecule has 0 atom stereocenters. The van der Waals surface area contributed by atoms with Crippen molar-refractivity contribution in [3.05, 3.63) is 65.1 Å². The largest absolute Gasteiger partial charge is 0.489 e. The number of nitrogens with zero attached hydrogens (tertiary/aromatic N) is 1. The molecule has 1 aliphatic heterocycles. The van der Waals surface area contributed by atoms with Gasteiger partial charge in [-0.05, 0) is 30.7 Å². The molecule has 114 valence electrons. The number of hydrogen-bond acceptors (Lipinski definition) is 3. The van der Waals surface area contributed by atoms with Crippen LogP contribution < -0.4 is 9.04 Å². The highest BCUT2D eigenvalue weighted by molar-refractivity contribution is 7.95. The van der Waals surface area contributed by atoms with Crippen molar-refractivity contribution in [3.63, 3.8) is 0 Å². The molecule has 0 fully saturated rings. The van der Waals surface area contributed by atoms with Gasteiger partial charge in [0, 0.05) is 0 Å². The van der Waals surface area contributed by atoms with Gasteiger partial charge in [0.15, 0.2) is 0 Å². The highest BCUT2D eigenvalue weighted by atomic mass is 32.2. The molecule has 1 aliphatic rings. The molecule has 2 aromatic carbocycles.